The minimum Gasteiger partial charge on any atom is -0.365 e. The molecule has 54 valence electrons. The van der Waals surface area contributed by atoms with Gasteiger partial charge >= 0.3 is 0 Å². The van der Waals surface area contributed by atoms with Crippen LogP contribution in [0.5, 0.6) is 0 Å². The molecular weight excluding hydrogens is 132 g/mol. The predicted octanol–water partition coefficient (Wildman–Crippen LogP) is 2.26. The molecule has 0 amide bonds. The van der Waals surface area contributed by atoms with E-state index in [0.717, 1.165) is 6.42 Å². The highest BCUT2D eigenvalue weighted by atomic mass is 32.2. The minimum atomic E-state index is 0.480. The van der Waals surface area contributed by atoms with Gasteiger partial charge in [-0.05, 0) is 25.5 Å². The van der Waals surface area contributed by atoms with Crippen LogP contribution in [-0.4, -0.2) is 17.3 Å². The van der Waals surface area contributed by atoms with Crippen molar-refractivity contribution in [1.29, 1.82) is 0 Å². The summed E-state index contributed by atoms with van der Waals surface area (Å²) in [6, 6.07) is 0. The van der Waals surface area contributed by atoms with Gasteiger partial charge in [-0.1, -0.05) is 6.92 Å². The zero-order valence-electron chi connectivity index (χ0n) is 6.09. The molecule has 1 nitrogen and oxygen atoms in total. The number of thioether (sulfide) groups is 1. The third-order valence-electron chi connectivity index (χ3n) is 1.55. The lowest BCUT2D eigenvalue weighted by molar-refractivity contribution is 0.0367. The van der Waals surface area contributed by atoms with Gasteiger partial charge in [0.25, 0.3) is 0 Å². The molecule has 1 heterocycles. The Morgan fingerprint density at radius 2 is 2.44 bits per heavy atom. The van der Waals surface area contributed by atoms with Gasteiger partial charge < -0.3 is 4.74 Å². The normalized spacial score (nSPS) is 36.7. The summed E-state index contributed by atoms with van der Waals surface area (Å²) in [7, 11) is 0. The van der Waals surface area contributed by atoms with Crippen molar-refractivity contribution in [2.75, 3.05) is 5.75 Å². The van der Waals surface area contributed by atoms with Gasteiger partial charge in [-0.2, -0.15) is 0 Å². The first-order chi connectivity index (χ1) is 4.33. The molecule has 0 aromatic rings. The Labute approximate surface area is 61.2 Å². The van der Waals surface area contributed by atoms with Crippen molar-refractivity contribution in [2.45, 2.75) is 38.2 Å². The lowest BCUT2D eigenvalue weighted by Crippen LogP contribution is -2.22. The van der Waals surface area contributed by atoms with Crippen molar-refractivity contribution in [3.05, 3.63) is 0 Å². The van der Waals surface area contributed by atoms with Gasteiger partial charge in [0, 0.05) is 0 Å². The number of ether oxygens (including phenoxy) is 1. The molecular formula is C7H14OS. The Morgan fingerprint density at radius 1 is 1.67 bits per heavy atom. The lowest BCUT2D eigenvalue weighted by Gasteiger charge is -2.26. The van der Waals surface area contributed by atoms with Gasteiger partial charge in [0.15, 0.2) is 0 Å². The number of hydrogen-bond donors (Lipinski definition) is 0. The summed E-state index contributed by atoms with van der Waals surface area (Å²) in [4.78, 5) is 0. The third kappa shape index (κ3) is 2.18. The molecule has 1 saturated heterocycles. The molecule has 1 rings (SSSR count). The number of hydrogen-bond acceptors (Lipinski definition) is 2. The maximum Gasteiger partial charge on any atom is 0.103 e. The smallest absolute Gasteiger partial charge is 0.103 e. The fraction of sp³-hybridized carbons (Fsp3) is 1.00. The second kappa shape index (κ2) is 3.47. The highest BCUT2D eigenvalue weighted by Crippen LogP contribution is 2.25. The zero-order valence-corrected chi connectivity index (χ0v) is 6.91. The molecule has 0 aromatic heterocycles. The van der Waals surface area contributed by atoms with Crippen LogP contribution in [0, 0.1) is 0 Å². The molecule has 0 aromatic carbocycles. The van der Waals surface area contributed by atoms with Crippen LogP contribution in [0.1, 0.15) is 26.7 Å². The molecule has 0 aliphatic carbocycles. The van der Waals surface area contributed by atoms with E-state index in [1.54, 1.807) is 0 Å². The van der Waals surface area contributed by atoms with E-state index < -0.39 is 0 Å². The van der Waals surface area contributed by atoms with E-state index in [-0.39, 0.29) is 0 Å². The maximum atomic E-state index is 5.60. The van der Waals surface area contributed by atoms with Gasteiger partial charge in [0.05, 0.1) is 6.10 Å². The summed E-state index contributed by atoms with van der Waals surface area (Å²) in [6.45, 7) is 4.33. The molecule has 1 aliphatic heterocycles. The first kappa shape index (κ1) is 7.42. The summed E-state index contributed by atoms with van der Waals surface area (Å²) in [5.41, 5.74) is 0.480. The highest BCUT2D eigenvalue weighted by Gasteiger charge is 2.16. The minimum absolute atomic E-state index is 0.480. The van der Waals surface area contributed by atoms with Crippen molar-refractivity contribution in [1.82, 2.24) is 0 Å². The fourth-order valence-corrected chi connectivity index (χ4v) is 2.18. The quantitative estimate of drug-likeness (QED) is 0.561. The molecule has 0 N–H and O–H groups in total. The lowest BCUT2D eigenvalue weighted by atomic mass is 10.3. The molecule has 0 spiro atoms. The monoisotopic (exact) mass is 146 g/mol. The summed E-state index contributed by atoms with van der Waals surface area (Å²) in [5, 5.41) is 0. The molecule has 1 fully saturated rings. The van der Waals surface area contributed by atoms with Crippen LogP contribution in [0.15, 0.2) is 0 Å². The van der Waals surface area contributed by atoms with Gasteiger partial charge in [-0.3, -0.25) is 0 Å². The van der Waals surface area contributed by atoms with Crippen molar-refractivity contribution >= 4 is 11.8 Å². The van der Waals surface area contributed by atoms with E-state index in [0.29, 0.717) is 11.5 Å². The molecule has 2 atom stereocenters. The van der Waals surface area contributed by atoms with E-state index in [4.69, 9.17) is 4.74 Å². The average Bonchev–Trinajstić information content (AvgIpc) is 1.88. The van der Waals surface area contributed by atoms with Crippen molar-refractivity contribution in [3.63, 3.8) is 0 Å². The summed E-state index contributed by atoms with van der Waals surface area (Å²) in [5.74, 6) is 1.28. The molecule has 9 heavy (non-hydrogen) atoms. The van der Waals surface area contributed by atoms with Crippen molar-refractivity contribution in [3.8, 4) is 0 Å². The zero-order chi connectivity index (χ0) is 6.69. The molecule has 2 unspecified atom stereocenters. The molecule has 0 bridgehead atoms. The van der Waals surface area contributed by atoms with Crippen LogP contribution in [0.2, 0.25) is 0 Å². The fourth-order valence-electron chi connectivity index (χ4n) is 0.946. The van der Waals surface area contributed by atoms with Gasteiger partial charge in [-0.15, -0.1) is 11.8 Å². The van der Waals surface area contributed by atoms with E-state index in [9.17, 15) is 0 Å². The highest BCUT2D eigenvalue weighted by molar-refractivity contribution is 7.99. The van der Waals surface area contributed by atoms with Gasteiger partial charge in [0.1, 0.15) is 5.44 Å². The Morgan fingerprint density at radius 3 is 2.89 bits per heavy atom. The first-order valence-corrected chi connectivity index (χ1v) is 4.65. The van der Waals surface area contributed by atoms with Crippen LogP contribution >= 0.6 is 11.8 Å². The Hall–Kier alpha value is 0.310. The van der Waals surface area contributed by atoms with Crippen LogP contribution < -0.4 is 0 Å². The number of rotatable bonds is 1. The first-order valence-electron chi connectivity index (χ1n) is 3.60. The van der Waals surface area contributed by atoms with Gasteiger partial charge in [0.2, 0.25) is 0 Å². The van der Waals surface area contributed by atoms with Crippen LogP contribution in [0.3, 0.4) is 0 Å². The second-order valence-corrected chi connectivity index (χ2v) is 3.71. The summed E-state index contributed by atoms with van der Waals surface area (Å²) >= 11 is 1.94. The van der Waals surface area contributed by atoms with E-state index in [1.165, 1.54) is 12.2 Å². The molecule has 2 heteroatoms. The molecule has 0 radical (unpaired) electrons. The van der Waals surface area contributed by atoms with E-state index in [1.807, 2.05) is 11.8 Å². The largest absolute Gasteiger partial charge is 0.365 e. The standard InChI is InChI=1S/C7H14OS/c1-3-7-8-6(2)4-5-9-7/h6-7H,3-5H2,1-2H3. The topological polar surface area (TPSA) is 9.23 Å². The van der Waals surface area contributed by atoms with E-state index >= 15 is 0 Å². The van der Waals surface area contributed by atoms with Crippen molar-refractivity contribution in [2.24, 2.45) is 0 Å². The van der Waals surface area contributed by atoms with E-state index in [2.05, 4.69) is 13.8 Å². The van der Waals surface area contributed by atoms with Crippen molar-refractivity contribution < 1.29 is 4.74 Å². The average molecular weight is 146 g/mol. The predicted molar refractivity (Wildman–Crippen MR) is 41.7 cm³/mol. The van der Waals surface area contributed by atoms with Crippen LogP contribution in [0.4, 0.5) is 0 Å². The summed E-state index contributed by atoms with van der Waals surface area (Å²) in [6.07, 6.45) is 2.87. The van der Waals surface area contributed by atoms with Gasteiger partial charge in [-0.25, -0.2) is 0 Å². The summed E-state index contributed by atoms with van der Waals surface area (Å²) < 4.78 is 5.60. The maximum absolute atomic E-state index is 5.60. The SMILES string of the molecule is CCC1OC(C)CCS1. The second-order valence-electron chi connectivity index (χ2n) is 2.44. The van der Waals surface area contributed by atoms with Crippen LogP contribution in [-0.2, 0) is 4.74 Å². The van der Waals surface area contributed by atoms with Crippen LogP contribution in [0.25, 0.3) is 0 Å². The molecule has 1 aliphatic rings. The third-order valence-corrected chi connectivity index (χ3v) is 2.83. The Balaban J connectivity index is 2.23. The Kier molecular flexibility index (Phi) is 2.86. The molecule has 0 saturated carbocycles. The Bertz CT molecular complexity index is 85.0.